The lowest BCUT2D eigenvalue weighted by Crippen LogP contribution is -2.25. The first-order valence-corrected chi connectivity index (χ1v) is 6.75. The molecule has 2 rings (SSSR count). The van der Waals surface area contributed by atoms with Crippen LogP contribution in [0.2, 0.25) is 5.02 Å². The first-order valence-electron chi connectivity index (χ1n) is 6.38. The minimum atomic E-state index is -0.433. The fourth-order valence-corrected chi connectivity index (χ4v) is 1.73. The smallest absolute Gasteiger partial charge is 0.271 e. The highest BCUT2D eigenvalue weighted by atomic mass is 35.5. The fraction of sp³-hybridized carbons (Fsp3) is 0.0667. The van der Waals surface area contributed by atoms with Gasteiger partial charge in [-0.05, 0) is 37.3 Å². The summed E-state index contributed by atoms with van der Waals surface area (Å²) >= 11 is 5.83. The number of carbonyl (C=O) groups excluding carboxylic acids is 2. The SMILES string of the molecule is C/C(=N\NC(=O)c1ccncc1)C(=O)Nc1cccc(Cl)c1. The summed E-state index contributed by atoms with van der Waals surface area (Å²) in [7, 11) is 0. The number of aromatic nitrogens is 1. The molecule has 1 aromatic carbocycles. The van der Waals surface area contributed by atoms with Crippen LogP contribution >= 0.6 is 11.6 Å². The number of carbonyl (C=O) groups is 2. The molecule has 0 unspecified atom stereocenters. The van der Waals surface area contributed by atoms with Crippen LogP contribution in [0.3, 0.4) is 0 Å². The number of halogens is 1. The predicted octanol–water partition coefficient (Wildman–Crippen LogP) is 2.48. The van der Waals surface area contributed by atoms with Crippen molar-refractivity contribution in [2.75, 3.05) is 5.32 Å². The molecule has 22 heavy (non-hydrogen) atoms. The molecule has 0 aliphatic carbocycles. The maximum absolute atomic E-state index is 11.9. The van der Waals surface area contributed by atoms with Crippen LogP contribution in [0.5, 0.6) is 0 Å². The van der Waals surface area contributed by atoms with E-state index in [1.54, 1.807) is 36.4 Å². The Bertz CT molecular complexity index is 716. The molecular weight excluding hydrogens is 304 g/mol. The number of hydrogen-bond acceptors (Lipinski definition) is 4. The van der Waals surface area contributed by atoms with E-state index in [0.29, 0.717) is 16.3 Å². The van der Waals surface area contributed by atoms with Crippen LogP contribution in [0.15, 0.2) is 53.9 Å². The Morgan fingerprint density at radius 1 is 1.18 bits per heavy atom. The molecule has 0 aliphatic rings. The quantitative estimate of drug-likeness (QED) is 0.671. The van der Waals surface area contributed by atoms with Crippen molar-refractivity contribution in [1.82, 2.24) is 10.4 Å². The molecular formula is C15H13ClN4O2. The topological polar surface area (TPSA) is 83.5 Å². The fourth-order valence-electron chi connectivity index (χ4n) is 1.54. The average Bonchev–Trinajstić information content (AvgIpc) is 2.53. The van der Waals surface area contributed by atoms with Gasteiger partial charge in [0.05, 0.1) is 0 Å². The number of hydrazone groups is 1. The molecule has 7 heteroatoms. The molecule has 0 radical (unpaired) electrons. The predicted molar refractivity (Wildman–Crippen MR) is 84.9 cm³/mol. The lowest BCUT2D eigenvalue weighted by Gasteiger charge is -2.05. The second kappa shape index (κ2) is 7.33. The molecule has 0 saturated carbocycles. The third-order valence-electron chi connectivity index (χ3n) is 2.68. The Morgan fingerprint density at radius 2 is 1.91 bits per heavy atom. The van der Waals surface area contributed by atoms with Crippen molar-refractivity contribution < 1.29 is 9.59 Å². The molecule has 2 aromatic rings. The monoisotopic (exact) mass is 316 g/mol. The van der Waals surface area contributed by atoms with Gasteiger partial charge in [-0.3, -0.25) is 14.6 Å². The summed E-state index contributed by atoms with van der Waals surface area (Å²) in [5.41, 5.74) is 3.38. The lowest BCUT2D eigenvalue weighted by molar-refractivity contribution is -0.110. The van der Waals surface area contributed by atoms with Gasteiger partial charge in [-0.1, -0.05) is 17.7 Å². The summed E-state index contributed by atoms with van der Waals surface area (Å²) in [5.74, 6) is -0.852. The lowest BCUT2D eigenvalue weighted by atomic mass is 10.2. The first kappa shape index (κ1) is 15.7. The number of benzene rings is 1. The van der Waals surface area contributed by atoms with Gasteiger partial charge in [0.25, 0.3) is 11.8 Å². The molecule has 2 amide bonds. The van der Waals surface area contributed by atoms with E-state index in [1.807, 2.05) is 0 Å². The van der Waals surface area contributed by atoms with Crippen LogP contribution in [0.4, 0.5) is 5.69 Å². The van der Waals surface area contributed by atoms with E-state index in [1.165, 1.54) is 19.3 Å². The van der Waals surface area contributed by atoms with Crippen molar-refractivity contribution in [2.45, 2.75) is 6.92 Å². The van der Waals surface area contributed by atoms with Crippen LogP contribution < -0.4 is 10.7 Å². The molecule has 0 spiro atoms. The summed E-state index contributed by atoms with van der Waals surface area (Å²) < 4.78 is 0. The largest absolute Gasteiger partial charge is 0.321 e. The van der Waals surface area contributed by atoms with Crippen LogP contribution in [0.1, 0.15) is 17.3 Å². The second-order valence-electron chi connectivity index (χ2n) is 4.34. The van der Waals surface area contributed by atoms with E-state index in [9.17, 15) is 9.59 Å². The second-order valence-corrected chi connectivity index (χ2v) is 4.77. The zero-order valence-corrected chi connectivity index (χ0v) is 12.5. The number of pyridine rings is 1. The number of nitrogens with zero attached hydrogens (tertiary/aromatic N) is 2. The molecule has 0 fully saturated rings. The number of nitrogens with one attached hydrogen (secondary N) is 2. The highest BCUT2D eigenvalue weighted by molar-refractivity contribution is 6.42. The Balaban J connectivity index is 1.97. The summed E-state index contributed by atoms with van der Waals surface area (Å²) in [6, 6.07) is 9.83. The summed E-state index contributed by atoms with van der Waals surface area (Å²) in [5, 5.41) is 6.91. The molecule has 2 N–H and O–H groups in total. The summed E-state index contributed by atoms with van der Waals surface area (Å²) in [4.78, 5) is 27.5. The van der Waals surface area contributed by atoms with Gasteiger partial charge in [0.1, 0.15) is 5.71 Å². The molecule has 1 heterocycles. The van der Waals surface area contributed by atoms with Gasteiger partial charge in [0.15, 0.2) is 0 Å². The molecule has 1 aromatic heterocycles. The molecule has 6 nitrogen and oxygen atoms in total. The van der Waals surface area contributed by atoms with Crippen molar-refractivity contribution in [3.8, 4) is 0 Å². The Kier molecular flexibility index (Phi) is 5.21. The Morgan fingerprint density at radius 3 is 2.59 bits per heavy atom. The van der Waals surface area contributed by atoms with Crippen LogP contribution in [0.25, 0.3) is 0 Å². The standard InChI is InChI=1S/C15H13ClN4O2/c1-10(14(21)18-13-4-2-3-12(16)9-13)19-20-15(22)11-5-7-17-8-6-11/h2-9H,1H3,(H,18,21)(H,20,22)/b19-10+. The van der Waals surface area contributed by atoms with E-state index >= 15 is 0 Å². The maximum Gasteiger partial charge on any atom is 0.271 e. The normalized spacial score (nSPS) is 10.9. The minimum absolute atomic E-state index is 0.113. The zero-order chi connectivity index (χ0) is 15.9. The average molecular weight is 317 g/mol. The third kappa shape index (κ3) is 4.39. The van der Waals surface area contributed by atoms with Crippen molar-refractivity contribution in [3.63, 3.8) is 0 Å². The van der Waals surface area contributed by atoms with Crippen molar-refractivity contribution in [2.24, 2.45) is 5.10 Å². The van der Waals surface area contributed by atoms with E-state index in [0.717, 1.165) is 0 Å². The zero-order valence-electron chi connectivity index (χ0n) is 11.7. The van der Waals surface area contributed by atoms with Crippen molar-refractivity contribution in [3.05, 3.63) is 59.4 Å². The van der Waals surface area contributed by atoms with Crippen LogP contribution in [0, 0.1) is 0 Å². The van der Waals surface area contributed by atoms with Gasteiger partial charge >= 0.3 is 0 Å². The number of anilines is 1. The Hall–Kier alpha value is -2.73. The van der Waals surface area contributed by atoms with E-state index in [4.69, 9.17) is 11.6 Å². The van der Waals surface area contributed by atoms with Gasteiger partial charge in [0.2, 0.25) is 0 Å². The highest BCUT2D eigenvalue weighted by Crippen LogP contribution is 2.14. The van der Waals surface area contributed by atoms with Gasteiger partial charge in [-0.25, -0.2) is 5.43 Å². The van der Waals surface area contributed by atoms with Crippen molar-refractivity contribution >= 4 is 34.8 Å². The van der Waals surface area contributed by atoms with Crippen LogP contribution in [-0.4, -0.2) is 22.5 Å². The number of rotatable bonds is 4. The van der Waals surface area contributed by atoms with E-state index < -0.39 is 11.8 Å². The molecule has 0 bridgehead atoms. The molecule has 112 valence electrons. The summed E-state index contributed by atoms with van der Waals surface area (Å²) in [6.45, 7) is 1.49. The van der Waals surface area contributed by atoms with Gasteiger partial charge < -0.3 is 5.32 Å². The molecule has 0 saturated heterocycles. The van der Waals surface area contributed by atoms with Crippen molar-refractivity contribution in [1.29, 1.82) is 0 Å². The van der Waals surface area contributed by atoms with Crippen LogP contribution in [-0.2, 0) is 4.79 Å². The highest BCUT2D eigenvalue weighted by Gasteiger charge is 2.08. The molecule has 0 atom stereocenters. The van der Waals surface area contributed by atoms with Gasteiger partial charge in [0, 0.05) is 28.7 Å². The number of amides is 2. The number of hydrogen-bond donors (Lipinski definition) is 2. The molecule has 0 aliphatic heterocycles. The maximum atomic E-state index is 11.9. The third-order valence-corrected chi connectivity index (χ3v) is 2.91. The summed E-state index contributed by atoms with van der Waals surface area (Å²) in [6.07, 6.45) is 2.99. The first-order chi connectivity index (χ1) is 10.6. The van der Waals surface area contributed by atoms with E-state index in [-0.39, 0.29) is 5.71 Å². The van der Waals surface area contributed by atoms with Gasteiger partial charge in [-0.15, -0.1) is 0 Å². The van der Waals surface area contributed by atoms with E-state index in [2.05, 4.69) is 20.8 Å². The van der Waals surface area contributed by atoms with Gasteiger partial charge in [-0.2, -0.15) is 5.10 Å². The Labute approximate surface area is 132 Å². The minimum Gasteiger partial charge on any atom is -0.321 e.